The van der Waals surface area contributed by atoms with Crippen molar-refractivity contribution in [2.75, 3.05) is 24.7 Å². The number of rotatable bonds is 2. The molecule has 1 heterocycles. The van der Waals surface area contributed by atoms with E-state index in [2.05, 4.69) is 9.88 Å². The van der Waals surface area contributed by atoms with Gasteiger partial charge in [0.25, 0.3) is 0 Å². The fourth-order valence-electron chi connectivity index (χ4n) is 1.30. The molecule has 7 heteroatoms. The lowest BCUT2D eigenvalue weighted by Crippen LogP contribution is -2.21. The fraction of sp³-hybridized carbons (Fsp3) is 0.143. The first-order valence-corrected chi connectivity index (χ1v) is 5.71. The van der Waals surface area contributed by atoms with E-state index in [1.165, 1.54) is 30.0 Å². The van der Waals surface area contributed by atoms with E-state index in [-0.39, 0.29) is 16.5 Å². The maximum absolute atomic E-state index is 10.2. The minimum Gasteiger partial charge on any atom is -0.545 e. The summed E-state index contributed by atoms with van der Waals surface area (Å²) in [6.07, 6.45) is 3.82. The maximum atomic E-state index is 10.2. The van der Waals surface area contributed by atoms with E-state index in [1.54, 1.807) is 0 Å². The van der Waals surface area contributed by atoms with Crippen molar-refractivity contribution in [2.45, 2.75) is 0 Å². The predicted molar refractivity (Wildman–Crippen MR) is 79.7 cm³/mol. The minimum atomic E-state index is -1.18. The Bertz CT molecular complexity index is 516. The summed E-state index contributed by atoms with van der Waals surface area (Å²) in [4.78, 5) is 15.2. The number of hydrogen-bond acceptors (Lipinski definition) is 4. The van der Waals surface area contributed by atoms with Gasteiger partial charge in [-0.3, -0.25) is 0 Å². The van der Waals surface area contributed by atoms with Gasteiger partial charge in [0.05, 0.1) is 5.97 Å². The Kier molecular flexibility index (Phi) is 10.0. The molecule has 1 aromatic heterocycles. The molecule has 116 valence electrons. The summed E-state index contributed by atoms with van der Waals surface area (Å²) >= 11 is 0. The highest BCUT2D eigenvalue weighted by atomic mass is 16.4. The quantitative estimate of drug-likeness (QED) is 0.675. The zero-order valence-electron chi connectivity index (χ0n) is 12.0. The van der Waals surface area contributed by atoms with Gasteiger partial charge in [-0.1, -0.05) is 12.1 Å². The van der Waals surface area contributed by atoms with Crippen molar-refractivity contribution in [3.05, 3.63) is 54.4 Å². The van der Waals surface area contributed by atoms with Crippen LogP contribution in [0.4, 0.5) is 11.4 Å². The molecule has 0 aliphatic heterocycles. The minimum absolute atomic E-state index is 0. The molecule has 0 bridgehead atoms. The van der Waals surface area contributed by atoms with Gasteiger partial charge in [0.2, 0.25) is 0 Å². The molecule has 0 aliphatic rings. The molecular formula is C14H21N3O4. The summed E-state index contributed by atoms with van der Waals surface area (Å²) in [5.41, 5.74) is 7.22. The summed E-state index contributed by atoms with van der Waals surface area (Å²) in [5.74, 6) is -1.18. The molecule has 0 fully saturated rings. The average Bonchev–Trinajstić information content (AvgIpc) is 2.41. The first-order chi connectivity index (χ1) is 9.00. The van der Waals surface area contributed by atoms with E-state index in [9.17, 15) is 9.90 Å². The molecule has 0 saturated carbocycles. The third-order valence-electron chi connectivity index (χ3n) is 2.36. The molecule has 0 amide bonds. The number of aromatic carboxylic acids is 1. The highest BCUT2D eigenvalue weighted by Crippen LogP contribution is 2.04. The second-order valence-corrected chi connectivity index (χ2v) is 4.06. The van der Waals surface area contributed by atoms with Crippen LogP contribution in [0.15, 0.2) is 48.8 Å². The van der Waals surface area contributed by atoms with Gasteiger partial charge in [0, 0.05) is 37.6 Å². The predicted octanol–water partition coefficient (Wildman–Crippen LogP) is -1.45. The van der Waals surface area contributed by atoms with Gasteiger partial charge in [-0.15, -0.1) is 0 Å². The molecule has 0 atom stereocenters. The van der Waals surface area contributed by atoms with Gasteiger partial charge in [-0.25, -0.2) is 4.98 Å². The third-order valence-corrected chi connectivity index (χ3v) is 2.36. The number of carbonyl (C=O) groups is 1. The molecule has 21 heavy (non-hydrogen) atoms. The number of nitrogen functional groups attached to an aromatic ring is 1. The zero-order valence-corrected chi connectivity index (χ0v) is 12.0. The number of anilines is 2. The van der Waals surface area contributed by atoms with Gasteiger partial charge >= 0.3 is 0 Å². The summed E-state index contributed by atoms with van der Waals surface area (Å²) in [7, 11) is 4.05. The number of nitrogens with zero attached hydrogens (tertiary/aromatic N) is 1. The number of carboxylic acids is 1. The van der Waals surface area contributed by atoms with Crippen LogP contribution < -0.4 is 20.7 Å². The van der Waals surface area contributed by atoms with E-state index >= 15 is 0 Å². The Morgan fingerprint density at radius 3 is 1.86 bits per heavy atom. The van der Waals surface area contributed by atoms with Crippen molar-refractivity contribution < 1.29 is 25.8 Å². The number of aromatic amines is 1. The first kappa shape index (κ1) is 20.7. The Balaban J connectivity index is 0. The van der Waals surface area contributed by atoms with Gasteiger partial charge < -0.3 is 31.5 Å². The highest BCUT2D eigenvalue weighted by molar-refractivity contribution is 5.86. The monoisotopic (exact) mass is 295 g/mol. The smallest absolute Gasteiger partial charge is 0.169 e. The lowest BCUT2D eigenvalue weighted by molar-refractivity contribution is -0.377. The Morgan fingerprint density at radius 2 is 1.52 bits per heavy atom. The number of benzene rings is 1. The largest absolute Gasteiger partial charge is 0.545 e. The molecule has 7 nitrogen and oxygen atoms in total. The SMILES string of the molecule is CN(C)c1cc[nH+]cc1.Nc1ccc(C(=O)[O-])cc1.O.O. The van der Waals surface area contributed by atoms with E-state index in [0.717, 1.165) is 0 Å². The summed E-state index contributed by atoms with van der Waals surface area (Å²) < 4.78 is 0. The molecule has 1 aromatic carbocycles. The second-order valence-electron chi connectivity index (χ2n) is 4.06. The molecule has 0 aliphatic carbocycles. The number of pyridine rings is 1. The van der Waals surface area contributed by atoms with Gasteiger partial charge in [-0.2, -0.15) is 0 Å². The molecule has 0 radical (unpaired) electrons. The van der Waals surface area contributed by atoms with Crippen LogP contribution in [0.5, 0.6) is 0 Å². The number of hydrogen-bond donors (Lipinski definition) is 1. The molecule has 0 spiro atoms. The van der Waals surface area contributed by atoms with E-state index in [0.29, 0.717) is 5.69 Å². The van der Waals surface area contributed by atoms with Crippen LogP contribution in [-0.2, 0) is 0 Å². The van der Waals surface area contributed by atoms with Crippen LogP contribution in [0.1, 0.15) is 10.4 Å². The van der Waals surface area contributed by atoms with Crippen molar-refractivity contribution in [1.82, 2.24) is 0 Å². The Labute approximate surface area is 123 Å². The van der Waals surface area contributed by atoms with Crippen molar-refractivity contribution in [1.29, 1.82) is 0 Å². The standard InChI is InChI=1S/C7H10N2.C7H7NO2.2H2O/c1-9(2)7-3-5-8-6-4-7;8-6-3-1-5(2-4-6)7(9)10;;/h3-6H,1-2H3;1-4H,8H2,(H,9,10);2*1H2. The Hall–Kier alpha value is -2.64. The summed E-state index contributed by atoms with van der Waals surface area (Å²) in [6, 6.07) is 9.91. The normalized spacial score (nSPS) is 8.29. The van der Waals surface area contributed by atoms with Crippen LogP contribution in [0.25, 0.3) is 0 Å². The molecule has 2 rings (SSSR count). The van der Waals surface area contributed by atoms with Crippen molar-refractivity contribution in [2.24, 2.45) is 0 Å². The molecule has 0 saturated heterocycles. The van der Waals surface area contributed by atoms with E-state index < -0.39 is 5.97 Å². The second kappa shape index (κ2) is 10.2. The zero-order chi connectivity index (χ0) is 14.3. The lowest BCUT2D eigenvalue weighted by Gasteiger charge is -2.08. The van der Waals surface area contributed by atoms with E-state index in [1.807, 2.05) is 38.6 Å². The molecular weight excluding hydrogens is 274 g/mol. The van der Waals surface area contributed by atoms with E-state index in [4.69, 9.17) is 5.73 Å². The average molecular weight is 295 g/mol. The lowest BCUT2D eigenvalue weighted by atomic mass is 10.2. The fourth-order valence-corrected chi connectivity index (χ4v) is 1.30. The van der Waals surface area contributed by atoms with Crippen molar-refractivity contribution >= 4 is 17.3 Å². The topological polar surface area (TPSA) is 147 Å². The number of H-pyrrole nitrogens is 1. The summed E-state index contributed by atoms with van der Waals surface area (Å²) in [5, 5.41) is 10.2. The van der Waals surface area contributed by atoms with Crippen LogP contribution in [0, 0.1) is 0 Å². The molecule has 2 aromatic rings. The third kappa shape index (κ3) is 7.51. The molecule has 7 N–H and O–H groups in total. The maximum Gasteiger partial charge on any atom is 0.169 e. The van der Waals surface area contributed by atoms with Gasteiger partial charge in [0.15, 0.2) is 12.4 Å². The van der Waals surface area contributed by atoms with Crippen LogP contribution in [0.3, 0.4) is 0 Å². The number of carbonyl (C=O) groups excluding carboxylic acids is 1. The van der Waals surface area contributed by atoms with Crippen LogP contribution >= 0.6 is 0 Å². The number of nitrogens with one attached hydrogen (secondary N) is 1. The number of nitrogens with two attached hydrogens (primary N) is 1. The Morgan fingerprint density at radius 1 is 1.05 bits per heavy atom. The van der Waals surface area contributed by atoms with Gasteiger partial charge in [0.1, 0.15) is 0 Å². The van der Waals surface area contributed by atoms with Crippen LogP contribution in [-0.4, -0.2) is 31.0 Å². The van der Waals surface area contributed by atoms with Crippen molar-refractivity contribution in [3.63, 3.8) is 0 Å². The van der Waals surface area contributed by atoms with Crippen LogP contribution in [0.2, 0.25) is 0 Å². The number of aromatic nitrogens is 1. The molecule has 0 unspecified atom stereocenters. The van der Waals surface area contributed by atoms with Gasteiger partial charge in [-0.05, 0) is 17.7 Å². The number of carboxylic acid groups (broad SMARTS) is 1. The van der Waals surface area contributed by atoms with Crippen molar-refractivity contribution in [3.8, 4) is 0 Å². The summed E-state index contributed by atoms with van der Waals surface area (Å²) in [6.45, 7) is 0. The first-order valence-electron chi connectivity index (χ1n) is 5.71. The highest BCUT2D eigenvalue weighted by Gasteiger charge is 1.91.